The molecule has 4 aromatic rings. The van der Waals surface area contributed by atoms with Gasteiger partial charge in [-0.3, -0.25) is 14.2 Å². The largest absolute Gasteiger partial charge is 0.324 e. The second-order valence-electron chi connectivity index (χ2n) is 9.07. The van der Waals surface area contributed by atoms with Gasteiger partial charge in [-0.25, -0.2) is 9.37 Å². The molecule has 0 unspecified atom stereocenters. The van der Waals surface area contributed by atoms with Gasteiger partial charge in [-0.2, -0.15) is 0 Å². The number of aromatic nitrogens is 2. The normalized spacial score (nSPS) is 11.5. The highest BCUT2D eigenvalue weighted by Gasteiger charge is 2.20. The van der Waals surface area contributed by atoms with Gasteiger partial charge in [-0.1, -0.05) is 58.0 Å². The number of benzene rings is 2. The van der Waals surface area contributed by atoms with Crippen molar-refractivity contribution in [3.8, 4) is 11.1 Å². The van der Waals surface area contributed by atoms with Crippen LogP contribution in [0.2, 0.25) is 0 Å². The Morgan fingerprint density at radius 1 is 1.06 bits per heavy atom. The number of fused-ring (bicyclic) bond motifs is 1. The van der Waals surface area contributed by atoms with Gasteiger partial charge in [0.25, 0.3) is 5.56 Å². The first kappa shape index (κ1) is 23.8. The number of rotatable bonds is 6. The van der Waals surface area contributed by atoms with Gasteiger partial charge in [0.15, 0.2) is 0 Å². The van der Waals surface area contributed by atoms with E-state index >= 15 is 0 Å². The van der Waals surface area contributed by atoms with Crippen molar-refractivity contribution in [2.24, 2.45) is 0 Å². The molecular formula is C27H28FN3O2S. The lowest BCUT2D eigenvalue weighted by molar-refractivity contribution is -0.116. The molecule has 1 N–H and O–H groups in total. The van der Waals surface area contributed by atoms with Gasteiger partial charge in [0.05, 0.1) is 11.7 Å². The highest BCUT2D eigenvalue weighted by atomic mass is 32.1. The molecule has 0 aliphatic heterocycles. The summed E-state index contributed by atoms with van der Waals surface area (Å²) in [6.45, 7) is 10.1. The third kappa shape index (κ3) is 4.53. The lowest BCUT2D eigenvalue weighted by Crippen LogP contribution is -2.28. The van der Waals surface area contributed by atoms with Crippen LogP contribution in [-0.2, 0) is 11.3 Å². The van der Waals surface area contributed by atoms with Crippen LogP contribution in [0.3, 0.4) is 0 Å². The molecule has 0 bridgehead atoms. The Hall–Kier alpha value is -3.32. The number of carbonyl (C=O) groups excluding carboxylic acids is 1. The number of nitrogens with one attached hydrogen (secondary N) is 1. The van der Waals surface area contributed by atoms with Gasteiger partial charge in [-0.05, 0) is 47.6 Å². The van der Waals surface area contributed by atoms with Gasteiger partial charge in [0.1, 0.15) is 17.2 Å². The van der Waals surface area contributed by atoms with E-state index < -0.39 is 0 Å². The van der Waals surface area contributed by atoms with Crippen LogP contribution in [0, 0.1) is 12.7 Å². The molecule has 0 saturated carbocycles. The average Bonchev–Trinajstić information content (AvgIpc) is 3.12. The Balaban J connectivity index is 1.71. The van der Waals surface area contributed by atoms with Crippen molar-refractivity contribution in [1.29, 1.82) is 0 Å². The molecule has 5 nitrogen and oxygen atoms in total. The molecule has 7 heteroatoms. The molecule has 1 amide bonds. The summed E-state index contributed by atoms with van der Waals surface area (Å²) in [7, 11) is 0. The molecule has 2 heterocycles. The number of para-hydroxylation sites is 1. The standard InChI is InChI=1S/C27H28FN3O2S/c1-15(2)20-7-6-8-21(16(3)4)25(20)30-22(32)13-31-14-29-26-24(27(31)33)23(17(5)34-26)18-9-11-19(28)12-10-18/h6-12,14-16H,13H2,1-5H3,(H,30,32). The second-order valence-corrected chi connectivity index (χ2v) is 10.3. The van der Waals surface area contributed by atoms with Gasteiger partial charge >= 0.3 is 0 Å². The minimum absolute atomic E-state index is 0.149. The smallest absolute Gasteiger partial charge is 0.263 e. The molecule has 176 valence electrons. The number of anilines is 1. The second kappa shape index (κ2) is 9.50. The zero-order valence-electron chi connectivity index (χ0n) is 20.0. The quantitative estimate of drug-likeness (QED) is 0.347. The van der Waals surface area contributed by atoms with E-state index in [9.17, 15) is 14.0 Å². The number of hydrogen-bond acceptors (Lipinski definition) is 4. The zero-order valence-corrected chi connectivity index (χ0v) is 20.8. The summed E-state index contributed by atoms with van der Waals surface area (Å²) in [5.41, 5.74) is 4.14. The van der Waals surface area contributed by atoms with E-state index in [0.29, 0.717) is 10.2 Å². The summed E-state index contributed by atoms with van der Waals surface area (Å²) >= 11 is 1.41. The molecule has 0 aliphatic rings. The number of amides is 1. The lowest BCUT2D eigenvalue weighted by Gasteiger charge is -2.20. The van der Waals surface area contributed by atoms with Crippen molar-refractivity contribution in [3.63, 3.8) is 0 Å². The fraction of sp³-hybridized carbons (Fsp3) is 0.296. The van der Waals surface area contributed by atoms with Crippen LogP contribution >= 0.6 is 11.3 Å². The summed E-state index contributed by atoms with van der Waals surface area (Å²) in [6, 6.07) is 12.1. The van der Waals surface area contributed by atoms with Crippen molar-refractivity contribution in [2.75, 3.05) is 5.32 Å². The predicted molar refractivity (Wildman–Crippen MR) is 137 cm³/mol. The fourth-order valence-electron chi connectivity index (χ4n) is 4.24. The summed E-state index contributed by atoms with van der Waals surface area (Å²) in [5, 5.41) is 3.51. The van der Waals surface area contributed by atoms with E-state index in [-0.39, 0.29) is 35.7 Å². The van der Waals surface area contributed by atoms with E-state index in [1.54, 1.807) is 12.1 Å². The molecular weight excluding hydrogens is 449 g/mol. The Labute approximate surface area is 202 Å². The molecule has 34 heavy (non-hydrogen) atoms. The summed E-state index contributed by atoms with van der Waals surface area (Å²) in [6.07, 6.45) is 1.42. The molecule has 0 atom stereocenters. The molecule has 2 aromatic heterocycles. The van der Waals surface area contributed by atoms with Crippen molar-refractivity contribution in [1.82, 2.24) is 9.55 Å². The number of thiophene rings is 1. The predicted octanol–water partition coefficient (Wildman–Crippen LogP) is 6.46. The summed E-state index contributed by atoms with van der Waals surface area (Å²) in [4.78, 5) is 32.5. The third-order valence-electron chi connectivity index (χ3n) is 5.94. The first-order valence-corrected chi connectivity index (χ1v) is 12.2. The molecule has 0 saturated heterocycles. The number of nitrogens with zero attached hydrogens (tertiary/aromatic N) is 2. The van der Waals surface area contributed by atoms with Crippen LogP contribution in [-0.4, -0.2) is 15.5 Å². The topological polar surface area (TPSA) is 64.0 Å². The van der Waals surface area contributed by atoms with Crippen molar-refractivity contribution in [2.45, 2.75) is 53.0 Å². The van der Waals surface area contributed by atoms with E-state index in [0.717, 1.165) is 32.8 Å². The van der Waals surface area contributed by atoms with Crippen molar-refractivity contribution >= 4 is 33.1 Å². The molecule has 0 aliphatic carbocycles. The summed E-state index contributed by atoms with van der Waals surface area (Å²) in [5.74, 6) is -0.146. The van der Waals surface area contributed by atoms with Crippen LogP contribution in [0.1, 0.15) is 55.5 Å². The highest BCUT2D eigenvalue weighted by molar-refractivity contribution is 7.19. The first-order chi connectivity index (χ1) is 16.2. The maximum absolute atomic E-state index is 13.4. The molecule has 0 radical (unpaired) electrons. The van der Waals surface area contributed by atoms with Crippen LogP contribution in [0.15, 0.2) is 53.6 Å². The van der Waals surface area contributed by atoms with Crippen LogP contribution in [0.5, 0.6) is 0 Å². The average molecular weight is 478 g/mol. The van der Waals surface area contributed by atoms with Crippen LogP contribution < -0.4 is 10.9 Å². The number of hydrogen-bond donors (Lipinski definition) is 1. The number of aryl methyl sites for hydroxylation is 1. The minimum atomic E-state index is -0.337. The Bertz CT molecular complexity index is 1390. The monoisotopic (exact) mass is 477 g/mol. The number of carbonyl (C=O) groups is 1. The van der Waals surface area contributed by atoms with E-state index in [1.807, 2.05) is 25.1 Å². The Kier molecular flexibility index (Phi) is 6.66. The van der Waals surface area contributed by atoms with E-state index in [2.05, 4.69) is 38.0 Å². The molecule has 2 aromatic carbocycles. The van der Waals surface area contributed by atoms with Gasteiger partial charge in [0.2, 0.25) is 5.91 Å². The maximum atomic E-state index is 13.4. The van der Waals surface area contributed by atoms with E-state index in [4.69, 9.17) is 0 Å². The van der Waals surface area contributed by atoms with Crippen LogP contribution in [0.25, 0.3) is 21.3 Å². The summed E-state index contributed by atoms with van der Waals surface area (Å²) < 4.78 is 14.8. The molecule has 0 fully saturated rings. The van der Waals surface area contributed by atoms with Gasteiger partial charge < -0.3 is 5.32 Å². The maximum Gasteiger partial charge on any atom is 0.263 e. The van der Waals surface area contributed by atoms with Crippen molar-refractivity contribution in [3.05, 3.63) is 81.0 Å². The SMILES string of the molecule is Cc1sc2ncn(CC(=O)Nc3c(C(C)C)cccc3C(C)C)c(=O)c2c1-c1ccc(F)cc1. The highest BCUT2D eigenvalue weighted by Crippen LogP contribution is 2.35. The fourth-order valence-corrected chi connectivity index (χ4v) is 5.25. The molecule has 4 rings (SSSR count). The Morgan fingerprint density at radius 2 is 1.68 bits per heavy atom. The lowest BCUT2D eigenvalue weighted by atomic mass is 9.92. The first-order valence-electron chi connectivity index (χ1n) is 11.3. The minimum Gasteiger partial charge on any atom is -0.324 e. The van der Waals surface area contributed by atoms with Crippen LogP contribution in [0.4, 0.5) is 10.1 Å². The van der Waals surface area contributed by atoms with Gasteiger partial charge in [0, 0.05) is 16.1 Å². The van der Waals surface area contributed by atoms with Gasteiger partial charge in [-0.15, -0.1) is 11.3 Å². The number of halogens is 1. The van der Waals surface area contributed by atoms with E-state index in [1.165, 1.54) is 34.4 Å². The Morgan fingerprint density at radius 3 is 2.26 bits per heavy atom. The van der Waals surface area contributed by atoms with Crippen molar-refractivity contribution < 1.29 is 9.18 Å². The molecule has 0 spiro atoms. The third-order valence-corrected chi connectivity index (χ3v) is 6.95. The zero-order chi connectivity index (χ0) is 24.6.